The van der Waals surface area contributed by atoms with E-state index in [4.69, 9.17) is 9.84 Å². The van der Waals surface area contributed by atoms with Crippen LogP contribution < -0.4 is 4.74 Å². The highest BCUT2D eigenvalue weighted by atomic mass is 32.1. The zero-order chi connectivity index (χ0) is 14.5. The Hall–Kier alpha value is -1.82. The van der Waals surface area contributed by atoms with Crippen LogP contribution in [0.25, 0.3) is 11.0 Å². The van der Waals surface area contributed by atoms with E-state index in [9.17, 15) is 4.79 Å². The zero-order valence-corrected chi connectivity index (χ0v) is 12.4. The number of hydrogen-bond acceptors (Lipinski definition) is 4. The lowest BCUT2D eigenvalue weighted by Gasteiger charge is -2.06. The number of carbonyl (C=O) groups is 1. The van der Waals surface area contributed by atoms with Gasteiger partial charge in [-0.2, -0.15) is 4.98 Å². The van der Waals surface area contributed by atoms with Crippen LogP contribution in [0.2, 0.25) is 0 Å². The van der Waals surface area contributed by atoms with E-state index in [1.54, 1.807) is 0 Å². The summed E-state index contributed by atoms with van der Waals surface area (Å²) in [6.45, 7) is 4.94. The van der Waals surface area contributed by atoms with E-state index >= 15 is 0 Å². The first kappa shape index (κ1) is 14.6. The first-order valence-electron chi connectivity index (χ1n) is 6.57. The molecule has 0 amide bonds. The van der Waals surface area contributed by atoms with Crippen LogP contribution in [-0.4, -0.2) is 27.1 Å². The first-order chi connectivity index (χ1) is 9.58. The quantitative estimate of drug-likeness (QED) is 0.628. The summed E-state index contributed by atoms with van der Waals surface area (Å²) in [5.41, 5.74) is 0.674. The highest BCUT2D eigenvalue weighted by molar-refractivity contribution is 7.15. The molecule has 0 atom stereocenters. The molecule has 5 nitrogen and oxygen atoms in total. The molecule has 0 spiro atoms. The zero-order valence-electron chi connectivity index (χ0n) is 11.6. The highest BCUT2D eigenvalue weighted by Crippen LogP contribution is 2.24. The maximum absolute atomic E-state index is 10.7. The van der Waals surface area contributed by atoms with Gasteiger partial charge in [0, 0.05) is 17.7 Å². The van der Waals surface area contributed by atoms with Gasteiger partial charge in [-0.25, -0.2) is 4.79 Å². The molecule has 0 saturated heterocycles. The lowest BCUT2D eigenvalue weighted by molar-refractivity contribution is -0.131. The average molecular weight is 294 g/mol. The minimum Gasteiger partial charge on any atom is -0.478 e. The highest BCUT2D eigenvalue weighted by Gasteiger charge is 2.12. The maximum atomic E-state index is 10.7. The van der Waals surface area contributed by atoms with Gasteiger partial charge in [0.15, 0.2) is 4.96 Å². The van der Waals surface area contributed by atoms with Crippen molar-refractivity contribution in [1.82, 2.24) is 9.38 Å². The molecule has 0 radical (unpaired) electrons. The number of nitrogens with zero attached hydrogens (tertiary/aromatic N) is 2. The predicted octanol–water partition coefficient (Wildman–Crippen LogP) is 3.31. The third-order valence-electron chi connectivity index (χ3n) is 2.81. The van der Waals surface area contributed by atoms with Gasteiger partial charge in [-0.3, -0.25) is 4.40 Å². The normalized spacial score (nSPS) is 11.8. The summed E-state index contributed by atoms with van der Waals surface area (Å²) in [5, 5.41) is 10.7. The summed E-state index contributed by atoms with van der Waals surface area (Å²) in [5.74, 6) is 0.162. The average Bonchev–Trinajstić information content (AvgIpc) is 2.92. The Labute approximate surface area is 121 Å². The van der Waals surface area contributed by atoms with E-state index in [1.807, 2.05) is 16.0 Å². The van der Waals surface area contributed by atoms with Crippen LogP contribution in [0.15, 0.2) is 17.7 Å². The molecule has 0 unspecified atom stereocenters. The van der Waals surface area contributed by atoms with E-state index < -0.39 is 5.97 Å². The molecule has 2 aromatic rings. The Balaban J connectivity index is 2.12. The minimum atomic E-state index is -0.985. The van der Waals surface area contributed by atoms with Crippen LogP contribution in [0.5, 0.6) is 5.88 Å². The van der Waals surface area contributed by atoms with Crippen molar-refractivity contribution in [3.05, 3.63) is 23.3 Å². The van der Waals surface area contributed by atoms with Gasteiger partial charge in [0.2, 0.25) is 5.88 Å². The molecule has 1 N–H and O–H groups in total. The lowest BCUT2D eigenvalue weighted by Crippen LogP contribution is -2.01. The Kier molecular flexibility index (Phi) is 4.79. The molecule has 0 saturated carbocycles. The van der Waals surface area contributed by atoms with E-state index in [-0.39, 0.29) is 0 Å². The van der Waals surface area contributed by atoms with Gasteiger partial charge < -0.3 is 9.84 Å². The fraction of sp³-hybridized carbons (Fsp3) is 0.429. The van der Waals surface area contributed by atoms with E-state index in [0.717, 1.165) is 23.9 Å². The van der Waals surface area contributed by atoms with Crippen molar-refractivity contribution >= 4 is 28.3 Å². The Morgan fingerprint density at radius 2 is 2.40 bits per heavy atom. The molecule has 0 bridgehead atoms. The SMILES string of the molecule is CC(C)CCCOc1nc2sccn2c1/C=C/C(=O)O. The summed E-state index contributed by atoms with van der Waals surface area (Å²) < 4.78 is 7.53. The smallest absolute Gasteiger partial charge is 0.328 e. The fourth-order valence-electron chi connectivity index (χ4n) is 1.85. The second-order valence-corrected chi connectivity index (χ2v) is 5.79. The molecule has 0 aromatic carbocycles. The molecule has 6 heteroatoms. The molecule has 0 aliphatic rings. The van der Waals surface area contributed by atoms with E-state index in [2.05, 4.69) is 18.8 Å². The molecule has 0 aliphatic heterocycles. The standard InChI is InChI=1S/C14H18N2O3S/c1-10(2)4-3-8-19-13-11(5-6-12(17)18)16-7-9-20-14(16)15-13/h5-7,9-10H,3-4,8H2,1-2H3,(H,17,18)/b6-5+. The van der Waals surface area contributed by atoms with Gasteiger partial charge in [0.1, 0.15) is 5.69 Å². The molecule has 0 fully saturated rings. The van der Waals surface area contributed by atoms with Crippen molar-refractivity contribution < 1.29 is 14.6 Å². The van der Waals surface area contributed by atoms with Gasteiger partial charge in [0.25, 0.3) is 0 Å². The van der Waals surface area contributed by atoms with Crippen LogP contribution in [0.4, 0.5) is 0 Å². The van der Waals surface area contributed by atoms with Crippen molar-refractivity contribution in [2.24, 2.45) is 5.92 Å². The number of carboxylic acid groups (broad SMARTS) is 1. The number of hydrogen-bond donors (Lipinski definition) is 1. The summed E-state index contributed by atoms with van der Waals surface area (Å²) in [7, 11) is 0. The Morgan fingerprint density at radius 3 is 3.10 bits per heavy atom. The number of fused-ring (bicyclic) bond motifs is 1. The van der Waals surface area contributed by atoms with Crippen LogP contribution in [0, 0.1) is 5.92 Å². The van der Waals surface area contributed by atoms with E-state index in [1.165, 1.54) is 17.4 Å². The number of thiazole rings is 1. The van der Waals surface area contributed by atoms with Crippen molar-refractivity contribution in [2.75, 3.05) is 6.61 Å². The first-order valence-corrected chi connectivity index (χ1v) is 7.45. The molecule has 108 valence electrons. The number of imidazole rings is 1. The second-order valence-electron chi connectivity index (χ2n) is 4.91. The van der Waals surface area contributed by atoms with Crippen LogP contribution in [0.1, 0.15) is 32.4 Å². The predicted molar refractivity (Wildman–Crippen MR) is 79.3 cm³/mol. The topological polar surface area (TPSA) is 63.8 Å². The van der Waals surface area contributed by atoms with Gasteiger partial charge in [-0.15, -0.1) is 11.3 Å². The number of aromatic nitrogens is 2. The van der Waals surface area contributed by atoms with Crippen LogP contribution >= 0.6 is 11.3 Å². The van der Waals surface area contributed by atoms with Crippen molar-refractivity contribution in [1.29, 1.82) is 0 Å². The number of aliphatic carboxylic acids is 1. The maximum Gasteiger partial charge on any atom is 0.328 e. The molecule has 2 rings (SSSR count). The third-order valence-corrected chi connectivity index (χ3v) is 3.57. The van der Waals surface area contributed by atoms with Crippen molar-refractivity contribution in [3.63, 3.8) is 0 Å². The van der Waals surface area contributed by atoms with Gasteiger partial charge >= 0.3 is 5.97 Å². The Bertz CT molecular complexity index is 613. The second kappa shape index (κ2) is 6.56. The molecular weight excluding hydrogens is 276 g/mol. The summed E-state index contributed by atoms with van der Waals surface area (Å²) in [6.07, 6.45) is 6.54. The number of rotatable bonds is 7. The summed E-state index contributed by atoms with van der Waals surface area (Å²) >= 11 is 1.49. The molecular formula is C14H18N2O3S. The van der Waals surface area contributed by atoms with Gasteiger partial charge in [-0.05, 0) is 24.8 Å². The van der Waals surface area contributed by atoms with Crippen molar-refractivity contribution in [2.45, 2.75) is 26.7 Å². The molecule has 2 aromatic heterocycles. The third kappa shape index (κ3) is 3.60. The van der Waals surface area contributed by atoms with E-state index in [0.29, 0.717) is 24.1 Å². The molecule has 0 aliphatic carbocycles. The summed E-state index contributed by atoms with van der Waals surface area (Å²) in [6, 6.07) is 0. The van der Waals surface area contributed by atoms with Gasteiger partial charge in [0.05, 0.1) is 6.61 Å². The van der Waals surface area contributed by atoms with Crippen LogP contribution in [-0.2, 0) is 4.79 Å². The summed E-state index contributed by atoms with van der Waals surface area (Å²) in [4.78, 5) is 15.8. The molecule has 20 heavy (non-hydrogen) atoms. The van der Waals surface area contributed by atoms with Gasteiger partial charge in [-0.1, -0.05) is 13.8 Å². The monoisotopic (exact) mass is 294 g/mol. The van der Waals surface area contributed by atoms with Crippen LogP contribution in [0.3, 0.4) is 0 Å². The lowest BCUT2D eigenvalue weighted by atomic mass is 10.1. The minimum absolute atomic E-state index is 0.498. The Morgan fingerprint density at radius 1 is 1.60 bits per heavy atom. The van der Waals surface area contributed by atoms with Crippen molar-refractivity contribution in [3.8, 4) is 5.88 Å². The number of carboxylic acids is 1. The largest absolute Gasteiger partial charge is 0.478 e. The fourth-order valence-corrected chi connectivity index (χ4v) is 2.56. The molecule has 2 heterocycles. The number of ether oxygens (including phenoxy) is 1.